The first-order chi connectivity index (χ1) is 13.9. The molecule has 0 aliphatic carbocycles. The lowest BCUT2D eigenvalue weighted by atomic mass is 10.2. The SMILES string of the molecule is C(=Nc1nc(N=Cc2ccccn2)nc(-c2ccccc2)n1)c1ccccn1. The van der Waals surface area contributed by atoms with Gasteiger partial charge in [-0.2, -0.15) is 15.0 Å². The molecule has 0 saturated carbocycles. The topological polar surface area (TPSA) is 89.2 Å². The zero-order valence-electron chi connectivity index (χ0n) is 14.8. The van der Waals surface area contributed by atoms with Gasteiger partial charge in [0.25, 0.3) is 11.9 Å². The van der Waals surface area contributed by atoms with Gasteiger partial charge >= 0.3 is 0 Å². The second-order valence-corrected chi connectivity index (χ2v) is 5.65. The first-order valence-corrected chi connectivity index (χ1v) is 8.58. The summed E-state index contributed by atoms with van der Waals surface area (Å²) in [4.78, 5) is 30.3. The van der Waals surface area contributed by atoms with Crippen LogP contribution >= 0.6 is 0 Å². The van der Waals surface area contributed by atoms with Crippen LogP contribution in [0.2, 0.25) is 0 Å². The van der Waals surface area contributed by atoms with Crippen molar-refractivity contribution in [3.05, 3.63) is 90.5 Å². The van der Waals surface area contributed by atoms with Gasteiger partial charge in [-0.25, -0.2) is 9.98 Å². The van der Waals surface area contributed by atoms with Crippen molar-refractivity contribution in [2.75, 3.05) is 0 Å². The van der Waals surface area contributed by atoms with Crippen LogP contribution in [0.4, 0.5) is 11.9 Å². The van der Waals surface area contributed by atoms with Gasteiger partial charge in [0.1, 0.15) is 0 Å². The third-order valence-electron chi connectivity index (χ3n) is 3.64. The van der Waals surface area contributed by atoms with Crippen molar-refractivity contribution in [1.82, 2.24) is 24.9 Å². The lowest BCUT2D eigenvalue weighted by Crippen LogP contribution is -1.94. The number of nitrogens with zero attached hydrogens (tertiary/aromatic N) is 7. The van der Waals surface area contributed by atoms with Crippen molar-refractivity contribution in [2.24, 2.45) is 9.98 Å². The fraction of sp³-hybridized carbons (Fsp3) is 0. The summed E-state index contributed by atoms with van der Waals surface area (Å²) >= 11 is 0. The van der Waals surface area contributed by atoms with E-state index in [2.05, 4.69) is 34.9 Å². The van der Waals surface area contributed by atoms with Crippen molar-refractivity contribution >= 4 is 24.3 Å². The summed E-state index contributed by atoms with van der Waals surface area (Å²) in [6.07, 6.45) is 6.62. The van der Waals surface area contributed by atoms with Crippen LogP contribution in [0, 0.1) is 0 Å². The molecular formula is C21H15N7. The maximum Gasteiger partial charge on any atom is 0.254 e. The number of aliphatic imine (C=N–C) groups is 2. The Balaban J connectivity index is 1.71. The summed E-state index contributed by atoms with van der Waals surface area (Å²) < 4.78 is 0. The molecule has 0 N–H and O–H groups in total. The molecule has 0 atom stereocenters. The lowest BCUT2D eigenvalue weighted by Gasteiger charge is -2.02. The van der Waals surface area contributed by atoms with Gasteiger partial charge in [-0.1, -0.05) is 42.5 Å². The van der Waals surface area contributed by atoms with E-state index in [4.69, 9.17) is 0 Å². The highest BCUT2D eigenvalue weighted by Crippen LogP contribution is 2.20. The van der Waals surface area contributed by atoms with Crippen molar-refractivity contribution in [3.8, 4) is 11.4 Å². The highest BCUT2D eigenvalue weighted by atomic mass is 15.2. The molecule has 4 aromatic rings. The minimum atomic E-state index is 0.257. The molecule has 0 saturated heterocycles. The Hall–Kier alpha value is -4.13. The molecule has 0 spiro atoms. The molecule has 0 aliphatic heterocycles. The Morgan fingerprint density at radius 3 is 1.61 bits per heavy atom. The number of rotatable bonds is 5. The van der Waals surface area contributed by atoms with Crippen LogP contribution in [0.15, 0.2) is 89.1 Å². The third kappa shape index (κ3) is 4.53. The quantitative estimate of drug-likeness (QED) is 0.501. The van der Waals surface area contributed by atoms with Gasteiger partial charge in [0.05, 0.1) is 23.8 Å². The molecule has 4 rings (SSSR count). The molecule has 7 nitrogen and oxygen atoms in total. The van der Waals surface area contributed by atoms with Crippen LogP contribution in [-0.2, 0) is 0 Å². The second-order valence-electron chi connectivity index (χ2n) is 5.65. The van der Waals surface area contributed by atoms with Crippen molar-refractivity contribution in [2.45, 2.75) is 0 Å². The van der Waals surface area contributed by atoms with E-state index >= 15 is 0 Å². The first-order valence-electron chi connectivity index (χ1n) is 8.58. The Morgan fingerprint density at radius 1 is 0.571 bits per heavy atom. The molecule has 7 heteroatoms. The van der Waals surface area contributed by atoms with Crippen LogP contribution < -0.4 is 0 Å². The maximum absolute atomic E-state index is 4.44. The summed E-state index contributed by atoms with van der Waals surface area (Å²) in [7, 11) is 0. The highest BCUT2D eigenvalue weighted by molar-refractivity contribution is 5.79. The van der Waals surface area contributed by atoms with E-state index in [9.17, 15) is 0 Å². The minimum absolute atomic E-state index is 0.257. The molecule has 0 unspecified atom stereocenters. The number of pyridine rings is 2. The smallest absolute Gasteiger partial charge is 0.254 e. The van der Waals surface area contributed by atoms with Crippen LogP contribution in [0.25, 0.3) is 11.4 Å². The van der Waals surface area contributed by atoms with Crippen LogP contribution in [0.5, 0.6) is 0 Å². The molecule has 1 aromatic carbocycles. The molecule has 0 amide bonds. The molecule has 134 valence electrons. The van der Waals surface area contributed by atoms with Crippen molar-refractivity contribution in [1.29, 1.82) is 0 Å². The molecule has 0 radical (unpaired) electrons. The largest absolute Gasteiger partial charge is 0.255 e. The molecule has 0 bridgehead atoms. The Bertz CT molecular complexity index is 1030. The van der Waals surface area contributed by atoms with E-state index in [-0.39, 0.29) is 11.9 Å². The van der Waals surface area contributed by atoms with E-state index < -0.39 is 0 Å². The van der Waals surface area contributed by atoms with Crippen molar-refractivity contribution < 1.29 is 0 Å². The van der Waals surface area contributed by atoms with Gasteiger partial charge < -0.3 is 0 Å². The minimum Gasteiger partial charge on any atom is -0.255 e. The lowest BCUT2D eigenvalue weighted by molar-refractivity contribution is 1.04. The molecule has 0 aliphatic rings. The average molecular weight is 365 g/mol. The monoisotopic (exact) mass is 365 g/mol. The fourth-order valence-corrected chi connectivity index (χ4v) is 2.34. The predicted octanol–water partition coefficient (Wildman–Crippen LogP) is 3.83. The maximum atomic E-state index is 4.44. The Morgan fingerprint density at radius 2 is 1.11 bits per heavy atom. The van der Waals surface area contributed by atoms with E-state index in [1.54, 1.807) is 24.8 Å². The summed E-state index contributed by atoms with van der Waals surface area (Å²) in [5.41, 5.74) is 2.28. The van der Waals surface area contributed by atoms with Crippen LogP contribution in [0.3, 0.4) is 0 Å². The number of hydrogen-bond acceptors (Lipinski definition) is 7. The van der Waals surface area contributed by atoms with Crippen LogP contribution in [0.1, 0.15) is 11.4 Å². The number of benzene rings is 1. The first kappa shape index (κ1) is 17.3. The fourth-order valence-electron chi connectivity index (χ4n) is 2.34. The normalized spacial score (nSPS) is 11.3. The van der Waals surface area contributed by atoms with Gasteiger partial charge in [-0.15, -0.1) is 0 Å². The van der Waals surface area contributed by atoms with E-state index in [0.717, 1.165) is 5.56 Å². The Kier molecular flexibility index (Phi) is 5.25. The average Bonchev–Trinajstić information content (AvgIpc) is 2.78. The molecule has 3 aromatic heterocycles. The highest BCUT2D eigenvalue weighted by Gasteiger charge is 2.07. The van der Waals surface area contributed by atoms with Gasteiger partial charge in [0.15, 0.2) is 5.82 Å². The predicted molar refractivity (Wildman–Crippen MR) is 108 cm³/mol. The van der Waals surface area contributed by atoms with Crippen molar-refractivity contribution in [3.63, 3.8) is 0 Å². The van der Waals surface area contributed by atoms with Gasteiger partial charge in [0.2, 0.25) is 0 Å². The van der Waals surface area contributed by atoms with E-state index in [0.29, 0.717) is 17.2 Å². The van der Waals surface area contributed by atoms with E-state index in [1.165, 1.54) is 0 Å². The molecule has 0 fully saturated rings. The standard InChI is InChI=1S/C21H15N7/c1-2-8-16(9-3-1)19-26-20(24-14-17-10-4-6-12-22-17)28-21(27-19)25-15-18-11-5-7-13-23-18/h1-15H. The zero-order chi connectivity index (χ0) is 19.0. The van der Waals surface area contributed by atoms with Gasteiger partial charge in [-0.05, 0) is 24.3 Å². The summed E-state index contributed by atoms with van der Waals surface area (Å²) in [6.45, 7) is 0. The number of aromatic nitrogens is 5. The summed E-state index contributed by atoms with van der Waals surface area (Å²) in [5, 5.41) is 0. The summed E-state index contributed by atoms with van der Waals surface area (Å²) in [5.74, 6) is 1.01. The van der Waals surface area contributed by atoms with Gasteiger partial charge in [0, 0.05) is 18.0 Å². The summed E-state index contributed by atoms with van der Waals surface area (Å²) in [6, 6.07) is 20.8. The number of hydrogen-bond donors (Lipinski definition) is 0. The molecular weight excluding hydrogens is 350 g/mol. The molecule has 3 heterocycles. The third-order valence-corrected chi connectivity index (χ3v) is 3.64. The molecule has 28 heavy (non-hydrogen) atoms. The van der Waals surface area contributed by atoms with Crippen LogP contribution in [-0.4, -0.2) is 37.3 Å². The zero-order valence-corrected chi connectivity index (χ0v) is 14.8. The van der Waals surface area contributed by atoms with Gasteiger partial charge in [-0.3, -0.25) is 9.97 Å². The second kappa shape index (κ2) is 8.50. The Labute approximate surface area is 161 Å². The van der Waals surface area contributed by atoms with E-state index in [1.807, 2.05) is 66.7 Å².